The maximum absolute atomic E-state index is 13.5. The van der Waals surface area contributed by atoms with Gasteiger partial charge in [-0.3, -0.25) is 4.18 Å². The molecule has 2 heterocycles. The number of nitrogens with zero attached hydrogens (tertiary/aromatic N) is 1. The molecule has 0 saturated carbocycles. The average Bonchev–Trinajstić information content (AvgIpc) is 2.96. The minimum Gasteiger partial charge on any atom is -0.257 e. The monoisotopic (exact) mass is 375 g/mol. The van der Waals surface area contributed by atoms with Crippen LogP contribution in [0.2, 0.25) is 0 Å². The van der Waals surface area contributed by atoms with Gasteiger partial charge in [-0.05, 0) is 36.8 Å². The molecule has 4 nitrogen and oxygen atoms in total. The van der Waals surface area contributed by atoms with Gasteiger partial charge in [0, 0.05) is 16.7 Å². The number of hydrogen-bond acceptors (Lipinski definition) is 5. The second-order valence-electron chi connectivity index (χ2n) is 5.84. The number of aromatic nitrogens is 1. The fourth-order valence-corrected chi connectivity index (χ4v) is 5.30. The second kappa shape index (κ2) is 6.09. The van der Waals surface area contributed by atoms with Crippen LogP contribution in [-0.4, -0.2) is 19.2 Å². The van der Waals surface area contributed by atoms with Crippen molar-refractivity contribution in [1.82, 2.24) is 4.98 Å². The van der Waals surface area contributed by atoms with Crippen LogP contribution in [0.15, 0.2) is 58.5 Å². The summed E-state index contributed by atoms with van der Waals surface area (Å²) in [7, 11) is -4.07. The highest BCUT2D eigenvalue weighted by molar-refractivity contribution is 7.99. The largest absolute Gasteiger partial charge is 0.297 e. The Balaban J connectivity index is 1.71. The van der Waals surface area contributed by atoms with E-state index in [-0.39, 0.29) is 4.90 Å². The minimum atomic E-state index is -4.07. The van der Waals surface area contributed by atoms with Crippen molar-refractivity contribution in [3.63, 3.8) is 0 Å². The summed E-state index contributed by atoms with van der Waals surface area (Å²) in [5.74, 6) is -0.159. The van der Waals surface area contributed by atoms with Gasteiger partial charge in [-0.1, -0.05) is 24.3 Å². The van der Waals surface area contributed by atoms with Crippen LogP contribution in [0.3, 0.4) is 0 Å². The van der Waals surface area contributed by atoms with Crippen LogP contribution in [0.1, 0.15) is 17.2 Å². The van der Waals surface area contributed by atoms with Gasteiger partial charge < -0.3 is 0 Å². The number of fused-ring (bicyclic) bond motifs is 2. The standard InChI is InChI=1S/C18H14FNO3S2/c1-11-6-7-13(19)9-17(11)25(21,22)23-16-10-24-18-14(16)8-12-4-2-3-5-15(12)20-18/h2-9,16H,10H2,1H3. The molecule has 1 aromatic heterocycles. The van der Waals surface area contributed by atoms with Crippen molar-refractivity contribution in [3.8, 4) is 0 Å². The van der Waals surface area contributed by atoms with E-state index in [0.29, 0.717) is 11.3 Å². The molecular formula is C18H14FNO3S2. The molecule has 0 saturated heterocycles. The molecule has 2 aromatic carbocycles. The lowest BCUT2D eigenvalue weighted by Gasteiger charge is -2.14. The van der Waals surface area contributed by atoms with Crippen LogP contribution in [0, 0.1) is 12.7 Å². The molecule has 128 valence electrons. The number of thioether (sulfide) groups is 1. The normalized spacial score (nSPS) is 17.0. The first kappa shape index (κ1) is 16.5. The molecule has 25 heavy (non-hydrogen) atoms. The van der Waals surface area contributed by atoms with Crippen molar-refractivity contribution < 1.29 is 17.0 Å². The molecule has 0 spiro atoms. The average molecular weight is 375 g/mol. The maximum Gasteiger partial charge on any atom is 0.297 e. The highest BCUT2D eigenvalue weighted by Gasteiger charge is 2.32. The number of benzene rings is 2. The molecule has 1 atom stereocenters. The third-order valence-corrected chi connectivity index (χ3v) is 6.63. The Morgan fingerprint density at radius 3 is 2.84 bits per heavy atom. The Labute approximate surface area is 149 Å². The lowest BCUT2D eigenvalue weighted by Crippen LogP contribution is -2.13. The van der Waals surface area contributed by atoms with Crippen molar-refractivity contribution in [2.45, 2.75) is 22.9 Å². The van der Waals surface area contributed by atoms with Crippen LogP contribution in [-0.2, 0) is 14.3 Å². The van der Waals surface area contributed by atoms with Gasteiger partial charge in [-0.2, -0.15) is 8.42 Å². The van der Waals surface area contributed by atoms with E-state index in [9.17, 15) is 12.8 Å². The first-order chi connectivity index (χ1) is 11.9. The lowest BCUT2D eigenvalue weighted by molar-refractivity contribution is 0.239. The quantitative estimate of drug-likeness (QED) is 0.641. The maximum atomic E-state index is 13.5. The summed E-state index contributed by atoms with van der Waals surface area (Å²) in [6.07, 6.45) is -0.634. The van der Waals surface area contributed by atoms with Crippen molar-refractivity contribution in [3.05, 3.63) is 65.5 Å². The van der Waals surface area contributed by atoms with Crippen LogP contribution in [0.5, 0.6) is 0 Å². The smallest absolute Gasteiger partial charge is 0.257 e. The van der Waals surface area contributed by atoms with Gasteiger partial charge in [0.05, 0.1) is 10.4 Å². The molecule has 0 aliphatic carbocycles. The first-order valence-electron chi connectivity index (χ1n) is 7.66. The van der Waals surface area contributed by atoms with Gasteiger partial charge in [0.25, 0.3) is 10.1 Å². The third-order valence-electron chi connectivity index (χ3n) is 4.10. The highest BCUT2D eigenvalue weighted by Crippen LogP contribution is 2.42. The number of hydrogen-bond donors (Lipinski definition) is 0. The van der Waals surface area contributed by atoms with E-state index in [0.717, 1.165) is 27.6 Å². The Morgan fingerprint density at radius 1 is 1.20 bits per heavy atom. The summed E-state index contributed by atoms with van der Waals surface area (Å²) in [5, 5.41) is 1.70. The molecule has 0 amide bonds. The van der Waals surface area contributed by atoms with E-state index in [1.807, 2.05) is 30.3 Å². The molecule has 7 heteroatoms. The van der Waals surface area contributed by atoms with Crippen LogP contribution >= 0.6 is 11.8 Å². The van der Waals surface area contributed by atoms with Crippen molar-refractivity contribution >= 4 is 32.8 Å². The molecule has 1 aliphatic rings. The predicted octanol–water partition coefficient (Wildman–Crippen LogP) is 4.23. The Bertz CT molecular complexity index is 1080. The summed E-state index contributed by atoms with van der Waals surface area (Å²) < 4.78 is 44.1. The van der Waals surface area contributed by atoms with Gasteiger partial charge >= 0.3 is 0 Å². The number of rotatable bonds is 3. The second-order valence-corrected chi connectivity index (χ2v) is 8.38. The third kappa shape index (κ3) is 3.03. The van der Waals surface area contributed by atoms with Crippen molar-refractivity contribution in [1.29, 1.82) is 0 Å². The summed E-state index contributed by atoms with van der Waals surface area (Å²) in [4.78, 5) is 4.43. The number of aryl methyl sites for hydroxylation is 1. The first-order valence-corrected chi connectivity index (χ1v) is 10.1. The van der Waals surface area contributed by atoms with Crippen LogP contribution < -0.4 is 0 Å². The molecule has 0 radical (unpaired) electrons. The summed E-state index contributed by atoms with van der Waals surface area (Å²) in [6.45, 7) is 1.61. The van der Waals surface area contributed by atoms with E-state index in [4.69, 9.17) is 4.18 Å². The van der Waals surface area contributed by atoms with E-state index in [1.54, 1.807) is 6.92 Å². The molecule has 0 fully saturated rings. The fourth-order valence-electron chi connectivity index (χ4n) is 2.83. The van der Waals surface area contributed by atoms with E-state index < -0.39 is 22.0 Å². The SMILES string of the molecule is Cc1ccc(F)cc1S(=O)(=O)OC1CSc2nc3ccccc3cc21. The van der Waals surface area contributed by atoms with Crippen molar-refractivity contribution in [2.24, 2.45) is 0 Å². The molecule has 0 N–H and O–H groups in total. The van der Waals surface area contributed by atoms with Crippen LogP contribution in [0.25, 0.3) is 10.9 Å². The Kier molecular flexibility index (Phi) is 4.02. The molecule has 1 unspecified atom stereocenters. The summed E-state index contributed by atoms with van der Waals surface area (Å²) >= 11 is 1.46. The van der Waals surface area contributed by atoms with Gasteiger partial charge in [0.1, 0.15) is 16.9 Å². The van der Waals surface area contributed by atoms with Crippen molar-refractivity contribution in [2.75, 3.05) is 5.75 Å². The van der Waals surface area contributed by atoms with E-state index in [2.05, 4.69) is 4.98 Å². The molecule has 4 rings (SSSR count). The molecule has 3 aromatic rings. The summed E-state index contributed by atoms with van der Waals surface area (Å²) in [6, 6.07) is 13.2. The van der Waals surface area contributed by atoms with Gasteiger partial charge in [0.2, 0.25) is 0 Å². The number of pyridine rings is 1. The fraction of sp³-hybridized carbons (Fsp3) is 0.167. The highest BCUT2D eigenvalue weighted by atomic mass is 32.2. The molecule has 1 aliphatic heterocycles. The Hall–Kier alpha value is -1.96. The van der Waals surface area contributed by atoms with Gasteiger partial charge in [0.15, 0.2) is 0 Å². The predicted molar refractivity (Wildman–Crippen MR) is 94.6 cm³/mol. The topological polar surface area (TPSA) is 56.3 Å². The zero-order valence-corrected chi connectivity index (χ0v) is 14.9. The zero-order valence-electron chi connectivity index (χ0n) is 13.3. The Morgan fingerprint density at radius 2 is 2.00 bits per heavy atom. The minimum absolute atomic E-state index is 0.139. The number of halogens is 1. The van der Waals surface area contributed by atoms with Crippen LogP contribution in [0.4, 0.5) is 4.39 Å². The zero-order chi connectivity index (χ0) is 17.6. The number of para-hydroxylation sites is 1. The van der Waals surface area contributed by atoms with Gasteiger partial charge in [-0.25, -0.2) is 9.37 Å². The van der Waals surface area contributed by atoms with Gasteiger partial charge in [-0.15, -0.1) is 11.8 Å². The lowest BCUT2D eigenvalue weighted by atomic mass is 10.1. The van der Waals surface area contributed by atoms with E-state index >= 15 is 0 Å². The van der Waals surface area contributed by atoms with E-state index in [1.165, 1.54) is 23.9 Å². The molecule has 0 bridgehead atoms. The summed E-state index contributed by atoms with van der Waals surface area (Å²) in [5.41, 5.74) is 2.06. The molecular weight excluding hydrogens is 361 g/mol.